The van der Waals surface area contributed by atoms with E-state index < -0.39 is 0 Å². The highest BCUT2D eigenvalue weighted by molar-refractivity contribution is 5.21. The van der Waals surface area contributed by atoms with Crippen molar-refractivity contribution >= 4 is 0 Å². The zero-order chi connectivity index (χ0) is 15.0. The second-order valence-corrected chi connectivity index (χ2v) is 5.98. The maximum absolute atomic E-state index is 5.20. The van der Waals surface area contributed by atoms with Crippen LogP contribution in [0.25, 0.3) is 0 Å². The lowest BCUT2D eigenvalue weighted by atomic mass is 9.80. The van der Waals surface area contributed by atoms with Crippen LogP contribution in [0.3, 0.4) is 0 Å². The quantitative estimate of drug-likeness (QED) is 0.751. The summed E-state index contributed by atoms with van der Waals surface area (Å²) in [6.45, 7) is 10.8. The lowest BCUT2D eigenvalue weighted by Crippen LogP contribution is -2.43. The molecule has 0 fully saturated rings. The molecule has 1 rings (SSSR count). The van der Waals surface area contributed by atoms with Gasteiger partial charge in [0.15, 0.2) is 0 Å². The normalized spacial score (nSPS) is 13.7. The fourth-order valence-corrected chi connectivity index (χ4v) is 2.89. The van der Waals surface area contributed by atoms with Crippen molar-refractivity contribution in [2.45, 2.75) is 26.8 Å². The van der Waals surface area contributed by atoms with Gasteiger partial charge in [-0.15, -0.1) is 0 Å². The Morgan fingerprint density at radius 2 is 1.90 bits per heavy atom. The number of hydrogen-bond donors (Lipinski definition) is 1. The lowest BCUT2D eigenvalue weighted by Gasteiger charge is -2.38. The standard InChI is InChI=1S/C17H30N2O/c1-6-19(12-13-20-5)14-17(2,3)16(18-4)15-10-8-7-9-11-15/h7-11,16,18H,6,12-14H2,1-5H3. The van der Waals surface area contributed by atoms with Gasteiger partial charge in [0.25, 0.3) is 0 Å². The summed E-state index contributed by atoms with van der Waals surface area (Å²) in [6, 6.07) is 11.0. The average molecular weight is 278 g/mol. The maximum Gasteiger partial charge on any atom is 0.0589 e. The number of nitrogens with one attached hydrogen (secondary N) is 1. The molecule has 114 valence electrons. The van der Waals surface area contributed by atoms with Gasteiger partial charge in [0, 0.05) is 26.2 Å². The number of hydrogen-bond acceptors (Lipinski definition) is 3. The van der Waals surface area contributed by atoms with Crippen molar-refractivity contribution in [2.75, 3.05) is 40.4 Å². The van der Waals surface area contributed by atoms with Crippen LogP contribution in [0.15, 0.2) is 30.3 Å². The smallest absolute Gasteiger partial charge is 0.0589 e. The molecule has 0 aliphatic heterocycles. The maximum atomic E-state index is 5.20. The molecule has 20 heavy (non-hydrogen) atoms. The summed E-state index contributed by atoms with van der Waals surface area (Å²) in [6.07, 6.45) is 0. The van der Waals surface area contributed by atoms with Gasteiger partial charge < -0.3 is 15.0 Å². The minimum Gasteiger partial charge on any atom is -0.383 e. The first-order valence-corrected chi connectivity index (χ1v) is 7.48. The molecule has 1 aromatic rings. The van der Waals surface area contributed by atoms with E-state index in [0.29, 0.717) is 6.04 Å². The Labute approximate surface area is 124 Å². The van der Waals surface area contributed by atoms with Crippen LogP contribution in [0, 0.1) is 5.41 Å². The van der Waals surface area contributed by atoms with Crippen molar-refractivity contribution in [2.24, 2.45) is 5.41 Å². The van der Waals surface area contributed by atoms with Crippen LogP contribution in [0.2, 0.25) is 0 Å². The molecule has 1 atom stereocenters. The summed E-state index contributed by atoms with van der Waals surface area (Å²) < 4.78 is 5.20. The second-order valence-electron chi connectivity index (χ2n) is 5.98. The number of rotatable bonds is 9. The summed E-state index contributed by atoms with van der Waals surface area (Å²) >= 11 is 0. The Hall–Kier alpha value is -0.900. The van der Waals surface area contributed by atoms with Crippen molar-refractivity contribution in [3.05, 3.63) is 35.9 Å². The van der Waals surface area contributed by atoms with Gasteiger partial charge in [-0.1, -0.05) is 51.1 Å². The van der Waals surface area contributed by atoms with Crippen molar-refractivity contribution in [3.8, 4) is 0 Å². The minimum atomic E-state index is 0.153. The summed E-state index contributed by atoms with van der Waals surface area (Å²) in [5.41, 5.74) is 1.50. The van der Waals surface area contributed by atoms with Gasteiger partial charge >= 0.3 is 0 Å². The molecule has 3 nitrogen and oxygen atoms in total. The van der Waals surface area contributed by atoms with Crippen molar-refractivity contribution in [3.63, 3.8) is 0 Å². The molecular formula is C17H30N2O. The van der Waals surface area contributed by atoms with Gasteiger partial charge in [0.2, 0.25) is 0 Å². The van der Waals surface area contributed by atoms with Gasteiger partial charge in [-0.2, -0.15) is 0 Å². The molecule has 3 heteroatoms. The van der Waals surface area contributed by atoms with Crippen molar-refractivity contribution in [1.29, 1.82) is 0 Å². The third-order valence-electron chi connectivity index (χ3n) is 3.89. The van der Waals surface area contributed by atoms with Gasteiger partial charge in [-0.25, -0.2) is 0 Å². The summed E-state index contributed by atoms with van der Waals surface area (Å²) in [4.78, 5) is 2.46. The molecule has 0 radical (unpaired) electrons. The number of nitrogens with zero attached hydrogens (tertiary/aromatic N) is 1. The summed E-state index contributed by atoms with van der Waals surface area (Å²) in [5.74, 6) is 0. The molecule has 1 aromatic carbocycles. The van der Waals surface area contributed by atoms with E-state index in [1.165, 1.54) is 5.56 Å². The van der Waals surface area contributed by atoms with Crippen molar-refractivity contribution in [1.82, 2.24) is 10.2 Å². The first-order valence-electron chi connectivity index (χ1n) is 7.48. The highest BCUT2D eigenvalue weighted by Crippen LogP contribution is 2.33. The fraction of sp³-hybridized carbons (Fsp3) is 0.647. The summed E-state index contributed by atoms with van der Waals surface area (Å²) in [7, 11) is 3.81. The highest BCUT2D eigenvalue weighted by Gasteiger charge is 2.31. The lowest BCUT2D eigenvalue weighted by molar-refractivity contribution is 0.105. The first-order chi connectivity index (χ1) is 9.55. The van der Waals surface area contributed by atoms with Gasteiger partial charge in [0.05, 0.1) is 6.61 Å². The number of ether oxygens (including phenoxy) is 1. The number of benzene rings is 1. The summed E-state index contributed by atoms with van der Waals surface area (Å²) in [5, 5.41) is 3.49. The van der Waals surface area contributed by atoms with Crippen LogP contribution < -0.4 is 5.32 Å². The Balaban J connectivity index is 2.78. The third-order valence-corrected chi connectivity index (χ3v) is 3.89. The van der Waals surface area contributed by atoms with Crippen LogP contribution in [-0.4, -0.2) is 45.3 Å². The second kappa shape index (κ2) is 8.40. The van der Waals surface area contributed by atoms with Gasteiger partial charge in [-0.3, -0.25) is 0 Å². The Kier molecular flexibility index (Phi) is 7.20. The molecule has 0 aromatic heterocycles. The predicted molar refractivity (Wildman–Crippen MR) is 86.0 cm³/mol. The molecule has 0 heterocycles. The molecule has 0 aliphatic rings. The SMILES string of the molecule is CCN(CCOC)CC(C)(C)C(NC)c1ccccc1. The van der Waals surface area contributed by atoms with E-state index in [1.807, 2.05) is 7.05 Å². The van der Waals surface area contributed by atoms with Gasteiger partial charge in [0.1, 0.15) is 0 Å². The van der Waals surface area contributed by atoms with E-state index >= 15 is 0 Å². The van der Waals surface area contributed by atoms with Crippen LogP contribution in [0.4, 0.5) is 0 Å². The van der Waals surface area contributed by atoms with E-state index in [9.17, 15) is 0 Å². The molecule has 0 spiro atoms. The van der Waals surface area contributed by atoms with Crippen LogP contribution in [0.1, 0.15) is 32.4 Å². The van der Waals surface area contributed by atoms with E-state index in [0.717, 1.165) is 26.2 Å². The van der Waals surface area contributed by atoms with Crippen LogP contribution in [0.5, 0.6) is 0 Å². The predicted octanol–water partition coefficient (Wildman–Crippen LogP) is 2.94. The monoisotopic (exact) mass is 278 g/mol. The molecule has 1 N–H and O–H groups in total. The molecule has 1 unspecified atom stereocenters. The largest absolute Gasteiger partial charge is 0.383 e. The van der Waals surface area contributed by atoms with Crippen LogP contribution in [-0.2, 0) is 4.74 Å². The molecule has 0 aliphatic carbocycles. The Morgan fingerprint density at radius 1 is 1.25 bits per heavy atom. The minimum absolute atomic E-state index is 0.153. The molecule has 0 amide bonds. The first kappa shape index (κ1) is 17.2. The third kappa shape index (κ3) is 4.89. The fourth-order valence-electron chi connectivity index (χ4n) is 2.89. The van der Waals surface area contributed by atoms with Crippen LogP contribution >= 0.6 is 0 Å². The highest BCUT2D eigenvalue weighted by atomic mass is 16.5. The Bertz CT molecular complexity index is 365. The van der Waals surface area contributed by atoms with E-state index in [2.05, 4.69) is 61.3 Å². The van der Waals surface area contributed by atoms with Gasteiger partial charge in [-0.05, 0) is 24.6 Å². The molecule has 0 bridgehead atoms. The van der Waals surface area contributed by atoms with Crippen molar-refractivity contribution < 1.29 is 4.74 Å². The zero-order valence-corrected chi connectivity index (χ0v) is 13.6. The number of methoxy groups -OCH3 is 1. The molecule has 0 saturated carbocycles. The zero-order valence-electron chi connectivity index (χ0n) is 13.6. The topological polar surface area (TPSA) is 24.5 Å². The van der Waals surface area contributed by atoms with E-state index in [4.69, 9.17) is 4.74 Å². The Morgan fingerprint density at radius 3 is 2.40 bits per heavy atom. The number of likely N-dealkylation sites (N-methyl/N-ethyl adjacent to an activating group) is 1. The average Bonchev–Trinajstić information content (AvgIpc) is 2.45. The molecular weight excluding hydrogens is 248 g/mol. The van der Waals surface area contributed by atoms with E-state index in [-0.39, 0.29) is 5.41 Å². The van der Waals surface area contributed by atoms with E-state index in [1.54, 1.807) is 7.11 Å². The molecule has 0 saturated heterocycles.